The molecule has 1 heterocycles. The third-order valence-electron chi connectivity index (χ3n) is 3.54. The Morgan fingerprint density at radius 1 is 1.21 bits per heavy atom. The molecule has 122 valence electrons. The molecule has 0 bridgehead atoms. The van der Waals surface area contributed by atoms with Crippen LogP contribution in [0.25, 0.3) is 0 Å². The Morgan fingerprint density at radius 3 is 2.88 bits per heavy atom. The third-order valence-corrected chi connectivity index (χ3v) is 3.54. The number of hydrogen-bond donors (Lipinski definition) is 2. The molecule has 3 rings (SSSR count). The summed E-state index contributed by atoms with van der Waals surface area (Å²) in [4.78, 5) is 23.1. The van der Waals surface area contributed by atoms with Gasteiger partial charge >= 0.3 is 0 Å². The zero-order valence-electron chi connectivity index (χ0n) is 13.0. The van der Waals surface area contributed by atoms with Gasteiger partial charge in [0.05, 0.1) is 6.21 Å². The van der Waals surface area contributed by atoms with E-state index in [1.54, 1.807) is 18.3 Å². The van der Waals surface area contributed by atoms with Crippen molar-refractivity contribution in [1.29, 1.82) is 0 Å². The first kappa shape index (κ1) is 15.7. The van der Waals surface area contributed by atoms with Crippen molar-refractivity contribution in [3.63, 3.8) is 0 Å². The fraction of sp³-hybridized carbons (Fsp3) is 0.167. The van der Waals surface area contributed by atoms with Crippen molar-refractivity contribution in [1.82, 2.24) is 5.43 Å². The zero-order valence-corrected chi connectivity index (χ0v) is 13.0. The van der Waals surface area contributed by atoms with Crippen molar-refractivity contribution < 1.29 is 14.3 Å². The Balaban J connectivity index is 1.49. The van der Waals surface area contributed by atoms with Crippen molar-refractivity contribution in [2.24, 2.45) is 5.10 Å². The van der Waals surface area contributed by atoms with Crippen LogP contribution in [0.15, 0.2) is 53.6 Å². The van der Waals surface area contributed by atoms with Gasteiger partial charge in [0, 0.05) is 12.1 Å². The molecule has 0 saturated carbocycles. The molecule has 0 atom stereocenters. The van der Waals surface area contributed by atoms with Crippen LogP contribution in [0.5, 0.6) is 5.75 Å². The molecule has 0 radical (unpaired) electrons. The van der Waals surface area contributed by atoms with Gasteiger partial charge in [0.25, 0.3) is 5.91 Å². The number of aryl methyl sites for hydroxylation is 1. The number of benzene rings is 2. The lowest BCUT2D eigenvalue weighted by atomic mass is 10.0. The highest BCUT2D eigenvalue weighted by molar-refractivity contribution is 5.94. The highest BCUT2D eigenvalue weighted by atomic mass is 16.5. The van der Waals surface area contributed by atoms with Crippen LogP contribution in [0.4, 0.5) is 5.69 Å². The van der Waals surface area contributed by atoms with Crippen molar-refractivity contribution in [3.8, 4) is 5.75 Å². The molecule has 0 fully saturated rings. The van der Waals surface area contributed by atoms with Crippen LogP contribution >= 0.6 is 0 Å². The van der Waals surface area contributed by atoms with Gasteiger partial charge in [-0.2, -0.15) is 5.10 Å². The van der Waals surface area contributed by atoms with E-state index >= 15 is 0 Å². The molecule has 0 aliphatic carbocycles. The highest BCUT2D eigenvalue weighted by Gasteiger charge is 2.15. The molecule has 6 nitrogen and oxygen atoms in total. The van der Waals surface area contributed by atoms with Gasteiger partial charge in [-0.25, -0.2) is 5.43 Å². The number of carbonyl (C=O) groups excluding carboxylic acids is 2. The maximum atomic E-state index is 11.7. The van der Waals surface area contributed by atoms with Crippen LogP contribution in [-0.2, 0) is 16.0 Å². The van der Waals surface area contributed by atoms with Gasteiger partial charge in [-0.1, -0.05) is 30.3 Å². The number of fused-ring (bicyclic) bond motifs is 1. The van der Waals surface area contributed by atoms with Gasteiger partial charge in [0.15, 0.2) is 6.61 Å². The summed E-state index contributed by atoms with van der Waals surface area (Å²) in [5.41, 5.74) is 5.13. The Kier molecular flexibility index (Phi) is 4.86. The maximum absolute atomic E-state index is 11.7. The predicted octanol–water partition coefficient (Wildman–Crippen LogP) is 2.10. The summed E-state index contributed by atoms with van der Waals surface area (Å²) in [6.07, 6.45) is 2.70. The Morgan fingerprint density at radius 2 is 2.04 bits per heavy atom. The van der Waals surface area contributed by atoms with E-state index in [2.05, 4.69) is 15.8 Å². The standard InChI is InChI=1S/C18H17N3O3/c22-17-9-6-14-10-15(7-8-16(14)20-17)24-12-18(23)21-19-11-13-4-2-1-3-5-13/h1-5,7-8,10-11H,6,9,12H2,(H,20,22)(H,21,23)/b19-11+. The van der Waals surface area contributed by atoms with Crippen molar-refractivity contribution >= 4 is 23.7 Å². The summed E-state index contributed by atoms with van der Waals surface area (Å²) >= 11 is 0. The summed E-state index contributed by atoms with van der Waals surface area (Å²) in [7, 11) is 0. The Bertz CT molecular complexity index is 772. The summed E-state index contributed by atoms with van der Waals surface area (Å²) < 4.78 is 5.46. The highest BCUT2D eigenvalue weighted by Crippen LogP contribution is 2.26. The molecule has 1 aliphatic rings. The molecule has 0 unspecified atom stereocenters. The number of rotatable bonds is 5. The molecule has 2 amide bonds. The smallest absolute Gasteiger partial charge is 0.277 e. The van der Waals surface area contributed by atoms with Crippen LogP contribution in [0.2, 0.25) is 0 Å². The second-order valence-electron chi connectivity index (χ2n) is 5.36. The normalized spacial score (nSPS) is 13.2. The first-order chi connectivity index (χ1) is 11.7. The van der Waals surface area contributed by atoms with Gasteiger partial charge in [0.2, 0.25) is 5.91 Å². The lowest BCUT2D eigenvalue weighted by Gasteiger charge is -2.17. The first-order valence-corrected chi connectivity index (χ1v) is 7.63. The SMILES string of the molecule is O=C(COc1ccc2c(c1)CCC(=O)N2)N/N=C/c1ccccc1. The Labute approximate surface area is 139 Å². The molecular weight excluding hydrogens is 306 g/mol. The number of hydrazone groups is 1. The molecule has 2 aromatic rings. The second-order valence-corrected chi connectivity index (χ2v) is 5.36. The van der Waals surface area contributed by atoms with Crippen LogP contribution in [-0.4, -0.2) is 24.6 Å². The lowest BCUT2D eigenvalue weighted by Crippen LogP contribution is -2.24. The fourth-order valence-electron chi connectivity index (χ4n) is 2.35. The number of ether oxygens (including phenoxy) is 1. The summed E-state index contributed by atoms with van der Waals surface area (Å²) in [6, 6.07) is 14.8. The van der Waals surface area contributed by atoms with Crippen LogP contribution in [0.1, 0.15) is 17.5 Å². The summed E-state index contributed by atoms with van der Waals surface area (Å²) in [6.45, 7) is -0.128. The largest absolute Gasteiger partial charge is 0.484 e. The molecule has 0 aromatic heterocycles. The van der Waals surface area contributed by atoms with Crippen LogP contribution in [0.3, 0.4) is 0 Å². The third kappa shape index (κ3) is 4.19. The minimum atomic E-state index is -0.340. The average molecular weight is 323 g/mol. The number of nitrogens with one attached hydrogen (secondary N) is 2. The monoisotopic (exact) mass is 323 g/mol. The van der Waals surface area contributed by atoms with Crippen molar-refractivity contribution in [3.05, 3.63) is 59.7 Å². The molecule has 1 aliphatic heterocycles. The van der Waals surface area contributed by atoms with E-state index in [-0.39, 0.29) is 18.4 Å². The van der Waals surface area contributed by atoms with Crippen molar-refractivity contribution in [2.45, 2.75) is 12.8 Å². The van der Waals surface area contributed by atoms with Gasteiger partial charge in [-0.05, 0) is 35.7 Å². The number of carbonyl (C=O) groups is 2. The summed E-state index contributed by atoms with van der Waals surface area (Å²) in [5.74, 6) is 0.270. The molecule has 2 aromatic carbocycles. The molecule has 2 N–H and O–H groups in total. The van der Waals surface area contributed by atoms with Crippen molar-refractivity contribution in [2.75, 3.05) is 11.9 Å². The molecular formula is C18H17N3O3. The number of amides is 2. The average Bonchev–Trinajstić information content (AvgIpc) is 2.61. The van der Waals surface area contributed by atoms with E-state index < -0.39 is 0 Å². The molecule has 24 heavy (non-hydrogen) atoms. The van der Waals surface area contributed by atoms with E-state index in [4.69, 9.17) is 4.74 Å². The quantitative estimate of drug-likeness (QED) is 0.653. The van der Waals surface area contributed by atoms with E-state index in [9.17, 15) is 9.59 Å². The maximum Gasteiger partial charge on any atom is 0.277 e. The second kappa shape index (κ2) is 7.41. The summed E-state index contributed by atoms with van der Waals surface area (Å²) in [5, 5.41) is 6.68. The van der Waals surface area contributed by atoms with E-state index in [1.807, 2.05) is 36.4 Å². The Hall–Kier alpha value is -3.15. The first-order valence-electron chi connectivity index (χ1n) is 7.63. The van der Waals surface area contributed by atoms with E-state index in [1.165, 1.54) is 0 Å². The zero-order chi connectivity index (χ0) is 16.8. The minimum absolute atomic E-state index is 0.0202. The van der Waals surface area contributed by atoms with Gasteiger partial charge < -0.3 is 10.1 Å². The lowest BCUT2D eigenvalue weighted by molar-refractivity contribution is -0.123. The van der Waals surface area contributed by atoms with Gasteiger partial charge in [-0.15, -0.1) is 0 Å². The van der Waals surface area contributed by atoms with E-state index in [0.717, 1.165) is 16.8 Å². The fourth-order valence-corrected chi connectivity index (χ4v) is 2.35. The van der Waals surface area contributed by atoms with E-state index in [0.29, 0.717) is 18.6 Å². The molecule has 6 heteroatoms. The number of hydrogen-bond acceptors (Lipinski definition) is 4. The molecule has 0 saturated heterocycles. The molecule has 0 spiro atoms. The van der Waals surface area contributed by atoms with Gasteiger partial charge in [0.1, 0.15) is 5.75 Å². The number of nitrogens with zero attached hydrogens (tertiary/aromatic N) is 1. The predicted molar refractivity (Wildman–Crippen MR) is 91.1 cm³/mol. The van der Waals surface area contributed by atoms with Gasteiger partial charge in [-0.3, -0.25) is 9.59 Å². The minimum Gasteiger partial charge on any atom is -0.484 e. The van der Waals surface area contributed by atoms with Crippen LogP contribution in [0, 0.1) is 0 Å². The number of anilines is 1. The van der Waals surface area contributed by atoms with Crippen LogP contribution < -0.4 is 15.5 Å². The topological polar surface area (TPSA) is 79.8 Å².